The predicted molar refractivity (Wildman–Crippen MR) is 92.5 cm³/mol. The summed E-state index contributed by atoms with van der Waals surface area (Å²) in [6.45, 7) is 1.39. The van der Waals surface area contributed by atoms with Gasteiger partial charge in [0, 0.05) is 10.5 Å². The Morgan fingerprint density at radius 2 is 2.00 bits per heavy atom. The van der Waals surface area contributed by atoms with Crippen LogP contribution in [0.4, 0.5) is 9.18 Å². The van der Waals surface area contributed by atoms with Crippen LogP contribution in [0.1, 0.15) is 43.0 Å². The Bertz CT molecular complexity index is 668. The van der Waals surface area contributed by atoms with Crippen molar-refractivity contribution in [3.05, 3.63) is 34.1 Å². The van der Waals surface area contributed by atoms with Crippen molar-refractivity contribution in [3.63, 3.8) is 0 Å². The molecular weight excluding hydrogens is 395 g/mol. The maximum atomic E-state index is 13.6. The summed E-state index contributed by atoms with van der Waals surface area (Å²) in [5, 5.41) is 4.87. The molecule has 1 aromatic rings. The molecule has 0 saturated heterocycles. The quantitative estimate of drug-likeness (QED) is 0.741. The van der Waals surface area contributed by atoms with Crippen LogP contribution in [0.25, 0.3) is 0 Å². The molecular formula is C17H20BrFN2O4. The van der Waals surface area contributed by atoms with E-state index in [0.717, 1.165) is 31.7 Å². The molecule has 0 aromatic heterocycles. The molecule has 1 aromatic carbocycles. The molecule has 6 nitrogen and oxygen atoms in total. The van der Waals surface area contributed by atoms with Gasteiger partial charge in [-0.05, 0) is 37.0 Å². The fourth-order valence-electron chi connectivity index (χ4n) is 2.76. The minimum Gasteiger partial charge on any atom is -0.452 e. The SMILES string of the molecule is C[C@@H]1CCCC[C@H]1NC(=O)NC(=O)COC(=O)c1ccc(Br)cc1F. The number of nitrogens with one attached hydrogen (secondary N) is 2. The molecule has 0 radical (unpaired) electrons. The molecule has 3 amide bonds. The second kappa shape index (κ2) is 8.94. The third-order valence-electron chi connectivity index (χ3n) is 4.17. The number of amides is 3. The van der Waals surface area contributed by atoms with E-state index < -0.39 is 30.3 Å². The highest BCUT2D eigenvalue weighted by molar-refractivity contribution is 9.10. The maximum absolute atomic E-state index is 13.6. The Kier molecular flexibility index (Phi) is 6.92. The van der Waals surface area contributed by atoms with Crippen LogP contribution in [-0.4, -0.2) is 30.6 Å². The molecule has 0 spiro atoms. The van der Waals surface area contributed by atoms with Crippen LogP contribution in [-0.2, 0) is 9.53 Å². The van der Waals surface area contributed by atoms with Crippen LogP contribution in [0.3, 0.4) is 0 Å². The first-order valence-electron chi connectivity index (χ1n) is 8.09. The van der Waals surface area contributed by atoms with Gasteiger partial charge in [0.15, 0.2) is 6.61 Å². The summed E-state index contributed by atoms with van der Waals surface area (Å²) in [6, 6.07) is 3.26. The summed E-state index contributed by atoms with van der Waals surface area (Å²) in [5.74, 6) is -2.15. The van der Waals surface area contributed by atoms with Crippen LogP contribution in [0.2, 0.25) is 0 Å². The summed E-state index contributed by atoms with van der Waals surface area (Å²) >= 11 is 3.08. The first-order valence-corrected chi connectivity index (χ1v) is 8.88. The van der Waals surface area contributed by atoms with Crippen LogP contribution in [0.15, 0.2) is 22.7 Å². The van der Waals surface area contributed by atoms with E-state index in [0.29, 0.717) is 10.4 Å². The average Bonchev–Trinajstić information content (AvgIpc) is 2.54. The van der Waals surface area contributed by atoms with Crippen molar-refractivity contribution in [1.29, 1.82) is 0 Å². The Balaban J connectivity index is 1.77. The van der Waals surface area contributed by atoms with Crippen molar-refractivity contribution >= 4 is 33.8 Å². The number of hydrogen-bond donors (Lipinski definition) is 2. The zero-order valence-electron chi connectivity index (χ0n) is 13.8. The minimum absolute atomic E-state index is 0.0287. The molecule has 1 aliphatic rings. The summed E-state index contributed by atoms with van der Waals surface area (Å²) in [6.07, 6.45) is 4.10. The number of carbonyl (C=O) groups is 3. The van der Waals surface area contributed by atoms with Crippen molar-refractivity contribution in [2.24, 2.45) is 5.92 Å². The van der Waals surface area contributed by atoms with Gasteiger partial charge < -0.3 is 10.1 Å². The van der Waals surface area contributed by atoms with Crippen LogP contribution >= 0.6 is 15.9 Å². The van der Waals surface area contributed by atoms with Gasteiger partial charge in [0.2, 0.25) is 0 Å². The van der Waals surface area contributed by atoms with Gasteiger partial charge in [-0.3, -0.25) is 10.1 Å². The molecule has 2 rings (SSSR count). The van der Waals surface area contributed by atoms with Crippen LogP contribution in [0, 0.1) is 11.7 Å². The normalized spacial score (nSPS) is 19.8. The lowest BCUT2D eigenvalue weighted by molar-refractivity contribution is -0.123. The standard InChI is InChI=1S/C17H20BrFN2O4/c1-10-4-2-3-5-14(10)20-17(24)21-15(22)9-25-16(23)12-7-6-11(18)8-13(12)19/h6-8,10,14H,2-5,9H2,1H3,(H2,20,21,22,24)/t10-,14-/m1/s1. The molecule has 2 N–H and O–H groups in total. The Morgan fingerprint density at radius 3 is 2.68 bits per heavy atom. The Morgan fingerprint density at radius 1 is 1.28 bits per heavy atom. The number of hydrogen-bond acceptors (Lipinski definition) is 4. The number of urea groups is 1. The molecule has 1 aliphatic carbocycles. The van der Waals surface area contributed by atoms with Crippen molar-refractivity contribution in [2.45, 2.75) is 38.6 Å². The van der Waals surface area contributed by atoms with E-state index in [9.17, 15) is 18.8 Å². The third-order valence-corrected chi connectivity index (χ3v) is 4.66. The number of rotatable bonds is 4. The summed E-state index contributed by atoms with van der Waals surface area (Å²) in [5.41, 5.74) is -0.281. The molecule has 8 heteroatoms. The topological polar surface area (TPSA) is 84.5 Å². The van der Waals surface area contributed by atoms with E-state index in [2.05, 4.69) is 33.5 Å². The van der Waals surface area contributed by atoms with Gasteiger partial charge in [0.25, 0.3) is 5.91 Å². The summed E-state index contributed by atoms with van der Waals surface area (Å²) in [4.78, 5) is 35.3. The smallest absolute Gasteiger partial charge is 0.341 e. The largest absolute Gasteiger partial charge is 0.452 e. The van der Waals surface area contributed by atoms with Crippen LogP contribution < -0.4 is 10.6 Å². The number of benzene rings is 1. The van der Waals surface area contributed by atoms with E-state index in [1.807, 2.05) is 0 Å². The van der Waals surface area contributed by atoms with Crippen molar-refractivity contribution in [3.8, 4) is 0 Å². The number of halogens is 2. The molecule has 0 heterocycles. The molecule has 136 valence electrons. The average molecular weight is 415 g/mol. The minimum atomic E-state index is -0.971. The zero-order chi connectivity index (χ0) is 18.4. The zero-order valence-corrected chi connectivity index (χ0v) is 15.4. The van der Waals surface area contributed by atoms with Crippen molar-refractivity contribution in [2.75, 3.05) is 6.61 Å². The first kappa shape index (κ1) is 19.4. The van der Waals surface area contributed by atoms with Gasteiger partial charge in [0.05, 0.1) is 5.56 Å². The van der Waals surface area contributed by atoms with E-state index in [1.54, 1.807) is 0 Å². The highest BCUT2D eigenvalue weighted by Crippen LogP contribution is 2.23. The number of imide groups is 1. The second-order valence-corrected chi connectivity index (χ2v) is 7.01. The highest BCUT2D eigenvalue weighted by Gasteiger charge is 2.23. The molecule has 25 heavy (non-hydrogen) atoms. The van der Waals surface area contributed by atoms with Crippen molar-refractivity contribution < 1.29 is 23.5 Å². The molecule has 1 saturated carbocycles. The summed E-state index contributed by atoms with van der Waals surface area (Å²) < 4.78 is 18.9. The van der Waals surface area contributed by atoms with E-state index in [-0.39, 0.29) is 11.6 Å². The lowest BCUT2D eigenvalue weighted by Crippen LogP contribution is -2.48. The van der Waals surface area contributed by atoms with Gasteiger partial charge in [0.1, 0.15) is 5.82 Å². The monoisotopic (exact) mass is 414 g/mol. The van der Waals surface area contributed by atoms with E-state index in [1.165, 1.54) is 12.1 Å². The van der Waals surface area contributed by atoms with Gasteiger partial charge in [-0.25, -0.2) is 14.0 Å². The van der Waals surface area contributed by atoms with Crippen LogP contribution in [0.5, 0.6) is 0 Å². The lowest BCUT2D eigenvalue weighted by atomic mass is 9.86. The third kappa shape index (κ3) is 5.81. The molecule has 0 aliphatic heterocycles. The molecule has 1 fully saturated rings. The number of ether oxygens (including phenoxy) is 1. The fraction of sp³-hybridized carbons (Fsp3) is 0.471. The van der Waals surface area contributed by atoms with E-state index >= 15 is 0 Å². The van der Waals surface area contributed by atoms with Crippen molar-refractivity contribution in [1.82, 2.24) is 10.6 Å². The number of carbonyl (C=O) groups excluding carboxylic acids is 3. The Labute approximate surface area is 153 Å². The first-order chi connectivity index (χ1) is 11.9. The van der Waals surface area contributed by atoms with Gasteiger partial charge >= 0.3 is 12.0 Å². The molecule has 0 unspecified atom stereocenters. The fourth-order valence-corrected chi connectivity index (χ4v) is 3.09. The Hall–Kier alpha value is -1.96. The maximum Gasteiger partial charge on any atom is 0.341 e. The van der Waals surface area contributed by atoms with E-state index in [4.69, 9.17) is 4.74 Å². The van der Waals surface area contributed by atoms with Gasteiger partial charge in [-0.2, -0.15) is 0 Å². The predicted octanol–water partition coefficient (Wildman–Crippen LogP) is 3.15. The number of esters is 1. The lowest BCUT2D eigenvalue weighted by Gasteiger charge is -2.29. The molecule has 0 bridgehead atoms. The molecule has 2 atom stereocenters. The second-order valence-electron chi connectivity index (χ2n) is 6.09. The summed E-state index contributed by atoms with van der Waals surface area (Å²) in [7, 11) is 0. The highest BCUT2D eigenvalue weighted by atomic mass is 79.9. The van der Waals surface area contributed by atoms with Gasteiger partial charge in [-0.15, -0.1) is 0 Å². The van der Waals surface area contributed by atoms with Gasteiger partial charge in [-0.1, -0.05) is 35.7 Å².